The minimum absolute atomic E-state index is 0.0203. The Morgan fingerprint density at radius 3 is 2.54 bits per heavy atom. The smallest absolute Gasteiger partial charge is 0.265 e. The van der Waals surface area contributed by atoms with Gasteiger partial charge in [0.15, 0.2) is 5.78 Å². The number of rotatable bonds is 8. The van der Waals surface area contributed by atoms with Crippen LogP contribution in [0.2, 0.25) is 0 Å². The lowest BCUT2D eigenvalue weighted by Crippen LogP contribution is -2.34. The molecule has 3 aromatic carbocycles. The molecule has 12 heteroatoms. The fraction of sp³-hybridized carbons (Fsp3) is 0.138. The predicted octanol–water partition coefficient (Wildman–Crippen LogP) is 4.23. The van der Waals surface area contributed by atoms with E-state index in [0.717, 1.165) is 6.07 Å². The van der Waals surface area contributed by atoms with Crippen LogP contribution in [0.5, 0.6) is 5.75 Å². The van der Waals surface area contributed by atoms with Gasteiger partial charge in [-0.2, -0.15) is 0 Å². The van der Waals surface area contributed by atoms with Crippen LogP contribution in [0.1, 0.15) is 41.5 Å². The summed E-state index contributed by atoms with van der Waals surface area (Å²) >= 11 is 1.18. The molecule has 1 aromatic heterocycles. The van der Waals surface area contributed by atoms with E-state index in [1.165, 1.54) is 41.7 Å². The van der Waals surface area contributed by atoms with Crippen molar-refractivity contribution in [3.63, 3.8) is 0 Å². The average Bonchev–Trinajstić information content (AvgIpc) is 3.48. The van der Waals surface area contributed by atoms with Crippen molar-refractivity contribution in [3.05, 3.63) is 105 Å². The first-order valence-electron chi connectivity index (χ1n) is 12.4. The molecule has 41 heavy (non-hydrogen) atoms. The lowest BCUT2D eigenvalue weighted by Gasteiger charge is -2.13. The van der Waals surface area contributed by atoms with E-state index in [0.29, 0.717) is 22.2 Å². The van der Waals surface area contributed by atoms with Gasteiger partial charge in [0.2, 0.25) is 0 Å². The molecule has 1 aliphatic heterocycles. The molecule has 210 valence electrons. The quantitative estimate of drug-likeness (QED) is 0.211. The Bertz CT molecular complexity index is 1640. The fourth-order valence-corrected chi connectivity index (χ4v) is 4.75. The summed E-state index contributed by atoms with van der Waals surface area (Å²) in [4.78, 5) is 38.6. The van der Waals surface area contributed by atoms with Crippen LogP contribution >= 0.6 is 11.3 Å². The molecule has 0 aliphatic carbocycles. The van der Waals surface area contributed by atoms with Gasteiger partial charge in [0.05, 0.1) is 34.5 Å². The van der Waals surface area contributed by atoms with E-state index in [4.69, 9.17) is 9.84 Å². The highest BCUT2D eigenvalue weighted by Gasteiger charge is 2.24. The Morgan fingerprint density at radius 1 is 0.976 bits per heavy atom. The largest absolute Gasteiger partial charge is 0.488 e. The summed E-state index contributed by atoms with van der Waals surface area (Å²) in [6.45, 7) is -0.638. The molecular weight excluding hydrogens is 556 g/mol. The average molecular weight is 580 g/mol. The highest BCUT2D eigenvalue weighted by molar-refractivity contribution is 7.12. The number of amides is 2. The Morgan fingerprint density at radius 2 is 1.78 bits per heavy atom. The number of benzene rings is 3. The number of hydrogen-bond acceptors (Lipinski definition) is 8. The predicted molar refractivity (Wildman–Crippen MR) is 148 cm³/mol. The molecule has 0 saturated heterocycles. The first-order chi connectivity index (χ1) is 19.7. The number of aliphatic hydroxyl groups excluding tert-OH is 2. The summed E-state index contributed by atoms with van der Waals surface area (Å²) in [6.07, 6.45) is -1.11. The summed E-state index contributed by atoms with van der Waals surface area (Å²) in [5.41, 5.74) is 1.22. The number of anilines is 3. The summed E-state index contributed by atoms with van der Waals surface area (Å²) in [6, 6.07) is 14.1. The number of halogens is 2. The molecule has 1 atom stereocenters. The second-order valence-corrected chi connectivity index (χ2v) is 10.1. The van der Waals surface area contributed by atoms with Gasteiger partial charge in [-0.25, -0.2) is 8.78 Å². The number of thiophene rings is 1. The van der Waals surface area contributed by atoms with Crippen LogP contribution in [-0.4, -0.2) is 47.1 Å². The maximum Gasteiger partial charge on any atom is 0.265 e. The van der Waals surface area contributed by atoms with Crippen molar-refractivity contribution in [2.75, 3.05) is 23.8 Å². The van der Waals surface area contributed by atoms with Gasteiger partial charge in [0.1, 0.15) is 24.0 Å². The van der Waals surface area contributed by atoms with E-state index in [9.17, 15) is 28.3 Å². The van der Waals surface area contributed by atoms with Crippen molar-refractivity contribution in [2.24, 2.45) is 0 Å². The number of fused-ring (bicyclic) bond motifs is 2. The Hall–Kier alpha value is -4.65. The van der Waals surface area contributed by atoms with Crippen molar-refractivity contribution in [2.45, 2.75) is 12.7 Å². The van der Waals surface area contributed by atoms with Crippen LogP contribution in [0.15, 0.2) is 66.0 Å². The second-order valence-electron chi connectivity index (χ2n) is 9.12. The number of ketones is 1. The number of carbonyl (C=O) groups excluding carboxylic acids is 3. The van der Waals surface area contributed by atoms with E-state index in [1.54, 1.807) is 23.6 Å². The van der Waals surface area contributed by atoms with Crippen LogP contribution in [0.25, 0.3) is 0 Å². The number of nitrogens with one attached hydrogen (secondary N) is 3. The van der Waals surface area contributed by atoms with Crippen molar-refractivity contribution >= 4 is 46.0 Å². The molecule has 0 bridgehead atoms. The zero-order valence-electron chi connectivity index (χ0n) is 21.2. The maximum absolute atomic E-state index is 14.6. The monoisotopic (exact) mass is 579 g/mol. The fourth-order valence-electron chi connectivity index (χ4n) is 4.13. The molecule has 4 aromatic rings. The molecule has 0 fully saturated rings. The van der Waals surface area contributed by atoms with Crippen molar-refractivity contribution < 1.29 is 38.1 Å². The van der Waals surface area contributed by atoms with Gasteiger partial charge in [0, 0.05) is 41.1 Å². The number of hydrogen-bond donors (Lipinski definition) is 5. The van der Waals surface area contributed by atoms with Crippen molar-refractivity contribution in [3.8, 4) is 5.75 Å². The molecule has 2 amide bonds. The third kappa shape index (κ3) is 6.09. The van der Waals surface area contributed by atoms with E-state index in [1.807, 2.05) is 0 Å². The Kier molecular flexibility index (Phi) is 8.06. The normalized spacial score (nSPS) is 12.8. The molecule has 5 rings (SSSR count). The highest BCUT2D eigenvalue weighted by Crippen LogP contribution is 2.34. The van der Waals surface area contributed by atoms with Gasteiger partial charge in [0.25, 0.3) is 11.8 Å². The van der Waals surface area contributed by atoms with Gasteiger partial charge in [-0.15, -0.1) is 11.3 Å². The van der Waals surface area contributed by atoms with Crippen molar-refractivity contribution in [1.82, 2.24) is 5.32 Å². The van der Waals surface area contributed by atoms with E-state index < -0.39 is 41.9 Å². The molecule has 1 unspecified atom stereocenters. The zero-order chi connectivity index (χ0) is 29.1. The number of aliphatic hydroxyl groups is 2. The summed E-state index contributed by atoms with van der Waals surface area (Å²) in [7, 11) is 0. The van der Waals surface area contributed by atoms with Gasteiger partial charge >= 0.3 is 0 Å². The molecule has 2 heterocycles. The second kappa shape index (κ2) is 11.8. The van der Waals surface area contributed by atoms with Gasteiger partial charge in [-0.3, -0.25) is 14.4 Å². The maximum atomic E-state index is 14.6. The highest BCUT2D eigenvalue weighted by atomic mass is 32.1. The van der Waals surface area contributed by atoms with Gasteiger partial charge in [-0.1, -0.05) is 12.1 Å². The van der Waals surface area contributed by atoms with Gasteiger partial charge < -0.3 is 30.9 Å². The SMILES string of the molecule is O=C(NCC(O)CO)c1ccc2c(c1)C(=O)c1ccc(Nc3cc(NC(=O)c4cccs4)c(F)cc3F)cc1OC2. The molecule has 5 N–H and O–H groups in total. The third-order valence-electron chi connectivity index (χ3n) is 6.26. The molecule has 9 nitrogen and oxygen atoms in total. The number of carbonyl (C=O) groups is 3. The first-order valence-corrected chi connectivity index (χ1v) is 13.2. The zero-order valence-corrected chi connectivity index (χ0v) is 22.1. The van der Waals surface area contributed by atoms with Crippen LogP contribution < -0.4 is 20.7 Å². The van der Waals surface area contributed by atoms with Crippen LogP contribution in [0, 0.1) is 11.6 Å². The topological polar surface area (TPSA) is 137 Å². The summed E-state index contributed by atoms with van der Waals surface area (Å²) < 4.78 is 34.9. The summed E-state index contributed by atoms with van der Waals surface area (Å²) in [5.74, 6) is -3.07. The van der Waals surface area contributed by atoms with E-state index in [-0.39, 0.29) is 47.0 Å². The van der Waals surface area contributed by atoms with Gasteiger partial charge in [-0.05, 0) is 41.8 Å². The Balaban J connectivity index is 1.36. The lowest BCUT2D eigenvalue weighted by molar-refractivity contribution is 0.0802. The minimum Gasteiger partial charge on any atom is -0.488 e. The first kappa shape index (κ1) is 27.9. The molecule has 1 aliphatic rings. The van der Waals surface area contributed by atoms with E-state index in [2.05, 4.69) is 16.0 Å². The lowest BCUT2D eigenvalue weighted by atomic mass is 9.96. The van der Waals surface area contributed by atoms with Crippen LogP contribution in [-0.2, 0) is 6.61 Å². The van der Waals surface area contributed by atoms with Crippen LogP contribution in [0.4, 0.5) is 25.8 Å². The Labute approximate surface area is 236 Å². The standard InChI is InChI=1S/C29H23F2N3O6S/c30-21-10-22(31)24(34-29(39)26-2-1-7-41-26)11-23(21)33-17-5-6-19-25(9-17)40-14-16-4-3-15(8-20(16)27(19)37)28(38)32-12-18(36)13-35/h1-11,18,33,35-36H,12-14H2,(H,32,38)(H,34,39). The number of ether oxygens (including phenoxy) is 1. The minimum atomic E-state index is -1.11. The van der Waals surface area contributed by atoms with Crippen molar-refractivity contribution in [1.29, 1.82) is 0 Å². The molecular formula is C29H23F2N3O6S. The van der Waals surface area contributed by atoms with Crippen LogP contribution in [0.3, 0.4) is 0 Å². The molecule has 0 spiro atoms. The molecule has 0 saturated carbocycles. The third-order valence-corrected chi connectivity index (χ3v) is 7.13. The van der Waals surface area contributed by atoms with E-state index >= 15 is 0 Å². The molecule has 0 radical (unpaired) electrons. The summed E-state index contributed by atoms with van der Waals surface area (Å²) in [5, 5.41) is 27.9.